The van der Waals surface area contributed by atoms with Gasteiger partial charge in [-0.15, -0.1) is 0 Å². The molecule has 0 bridgehead atoms. The SMILES string of the molecule is O=C1CCC(N2Cc3cc(-c4nccc(-c5ccccc5)n4)ccc3C2=O)C(=O)N1. The highest BCUT2D eigenvalue weighted by Gasteiger charge is 2.39. The second-order valence-corrected chi connectivity index (χ2v) is 7.40. The van der Waals surface area contributed by atoms with Gasteiger partial charge in [-0.2, -0.15) is 0 Å². The van der Waals surface area contributed by atoms with Crippen LogP contribution in [0, 0.1) is 0 Å². The number of benzene rings is 2. The quantitative estimate of drug-likeness (QED) is 0.685. The predicted octanol–water partition coefficient (Wildman–Crippen LogP) is 2.57. The van der Waals surface area contributed by atoms with Crippen molar-refractivity contribution in [2.75, 3.05) is 0 Å². The number of aromatic nitrogens is 2. The predicted molar refractivity (Wildman–Crippen MR) is 109 cm³/mol. The number of hydrogen-bond acceptors (Lipinski definition) is 5. The molecule has 1 fully saturated rings. The Morgan fingerprint density at radius 3 is 2.60 bits per heavy atom. The van der Waals surface area contributed by atoms with Crippen molar-refractivity contribution >= 4 is 17.7 Å². The molecule has 2 aliphatic heterocycles. The van der Waals surface area contributed by atoms with Crippen LogP contribution >= 0.6 is 0 Å². The van der Waals surface area contributed by atoms with E-state index in [1.165, 1.54) is 4.90 Å². The molecule has 2 aromatic carbocycles. The maximum absolute atomic E-state index is 12.8. The number of rotatable bonds is 3. The lowest BCUT2D eigenvalue weighted by atomic mass is 10.0. The average molecular weight is 398 g/mol. The highest BCUT2D eigenvalue weighted by atomic mass is 16.2. The van der Waals surface area contributed by atoms with Crippen LogP contribution < -0.4 is 5.32 Å². The van der Waals surface area contributed by atoms with Crippen molar-refractivity contribution in [3.63, 3.8) is 0 Å². The Bertz CT molecular complexity index is 1180. The Balaban J connectivity index is 1.44. The van der Waals surface area contributed by atoms with Gasteiger partial charge in [0, 0.05) is 35.9 Å². The summed E-state index contributed by atoms with van der Waals surface area (Å²) in [6, 6.07) is 16.6. The van der Waals surface area contributed by atoms with Crippen molar-refractivity contribution in [3.05, 3.63) is 71.9 Å². The molecule has 0 saturated carbocycles. The summed E-state index contributed by atoms with van der Waals surface area (Å²) in [6.07, 6.45) is 2.31. The third-order valence-electron chi connectivity index (χ3n) is 5.51. The van der Waals surface area contributed by atoms with Crippen LogP contribution in [-0.4, -0.2) is 38.6 Å². The molecule has 30 heavy (non-hydrogen) atoms. The van der Waals surface area contributed by atoms with Crippen LogP contribution in [0.4, 0.5) is 0 Å². The van der Waals surface area contributed by atoms with Crippen molar-refractivity contribution in [2.24, 2.45) is 0 Å². The van der Waals surface area contributed by atoms with Gasteiger partial charge in [-0.1, -0.05) is 36.4 Å². The Hall–Kier alpha value is -3.87. The first-order valence-corrected chi connectivity index (χ1v) is 9.76. The van der Waals surface area contributed by atoms with E-state index in [1.54, 1.807) is 12.3 Å². The third kappa shape index (κ3) is 3.14. The fraction of sp³-hybridized carbons (Fsp3) is 0.174. The summed E-state index contributed by atoms with van der Waals surface area (Å²) >= 11 is 0. The molecule has 1 aromatic heterocycles. The van der Waals surface area contributed by atoms with Gasteiger partial charge in [-0.3, -0.25) is 19.7 Å². The normalized spacial score (nSPS) is 18.3. The van der Waals surface area contributed by atoms with Gasteiger partial charge in [0.05, 0.1) is 5.69 Å². The number of nitrogens with zero attached hydrogens (tertiary/aromatic N) is 3. The number of imide groups is 1. The van der Waals surface area contributed by atoms with Crippen molar-refractivity contribution in [1.82, 2.24) is 20.2 Å². The first kappa shape index (κ1) is 18.2. The number of piperidine rings is 1. The lowest BCUT2D eigenvalue weighted by Gasteiger charge is -2.29. The number of carbonyl (C=O) groups is 3. The largest absolute Gasteiger partial charge is 0.322 e. The van der Waals surface area contributed by atoms with Crippen LogP contribution in [0.5, 0.6) is 0 Å². The van der Waals surface area contributed by atoms with Crippen LogP contribution in [-0.2, 0) is 16.1 Å². The maximum Gasteiger partial charge on any atom is 0.255 e. The van der Waals surface area contributed by atoms with Gasteiger partial charge in [-0.05, 0) is 30.2 Å². The monoisotopic (exact) mass is 398 g/mol. The molecular formula is C23H18N4O3. The standard InChI is InChI=1S/C23H18N4O3/c28-20-9-8-19(22(29)26-20)27-13-16-12-15(6-7-17(16)23(27)30)21-24-11-10-18(25-21)14-4-2-1-3-5-14/h1-7,10-12,19H,8-9,13H2,(H,26,28,29). The number of amides is 3. The van der Waals surface area contributed by atoms with Crippen molar-refractivity contribution in [3.8, 4) is 22.6 Å². The zero-order chi connectivity index (χ0) is 20.7. The fourth-order valence-electron chi connectivity index (χ4n) is 3.98. The zero-order valence-corrected chi connectivity index (χ0v) is 16.0. The molecule has 3 aromatic rings. The van der Waals surface area contributed by atoms with Crippen LogP contribution in [0.2, 0.25) is 0 Å². The smallest absolute Gasteiger partial charge is 0.255 e. The molecule has 3 heterocycles. The summed E-state index contributed by atoms with van der Waals surface area (Å²) in [6.45, 7) is 0.326. The Kier molecular flexibility index (Phi) is 4.35. The van der Waals surface area contributed by atoms with Gasteiger partial charge in [0.1, 0.15) is 6.04 Å². The third-order valence-corrected chi connectivity index (χ3v) is 5.51. The van der Waals surface area contributed by atoms with Gasteiger partial charge in [0.25, 0.3) is 5.91 Å². The Labute approximate surface area is 172 Å². The molecule has 0 aliphatic carbocycles. The summed E-state index contributed by atoms with van der Waals surface area (Å²) in [5.74, 6) is -0.319. The summed E-state index contributed by atoms with van der Waals surface area (Å²) in [7, 11) is 0. The van der Waals surface area contributed by atoms with Gasteiger partial charge in [-0.25, -0.2) is 9.97 Å². The van der Waals surface area contributed by atoms with E-state index in [0.29, 0.717) is 24.4 Å². The lowest BCUT2D eigenvalue weighted by molar-refractivity contribution is -0.136. The van der Waals surface area contributed by atoms with E-state index in [1.807, 2.05) is 48.5 Å². The van der Waals surface area contributed by atoms with Crippen LogP contribution in [0.1, 0.15) is 28.8 Å². The van der Waals surface area contributed by atoms with Gasteiger partial charge < -0.3 is 4.90 Å². The molecular weight excluding hydrogens is 380 g/mol. The minimum absolute atomic E-state index is 0.190. The minimum atomic E-state index is -0.622. The molecule has 0 radical (unpaired) electrons. The molecule has 7 heteroatoms. The van der Waals surface area contributed by atoms with E-state index in [2.05, 4.69) is 15.3 Å². The topological polar surface area (TPSA) is 92.3 Å². The Morgan fingerprint density at radius 1 is 0.967 bits per heavy atom. The Morgan fingerprint density at radius 2 is 1.80 bits per heavy atom. The second kappa shape index (κ2) is 7.18. The molecule has 7 nitrogen and oxygen atoms in total. The number of nitrogens with one attached hydrogen (secondary N) is 1. The highest BCUT2D eigenvalue weighted by molar-refractivity contribution is 6.05. The molecule has 2 aliphatic rings. The van der Waals surface area contributed by atoms with Gasteiger partial charge in [0.15, 0.2) is 5.82 Å². The molecule has 1 saturated heterocycles. The van der Waals surface area contributed by atoms with Crippen LogP contribution in [0.15, 0.2) is 60.8 Å². The average Bonchev–Trinajstić information content (AvgIpc) is 3.10. The second-order valence-electron chi connectivity index (χ2n) is 7.40. The molecule has 1 unspecified atom stereocenters. The van der Waals surface area contributed by atoms with E-state index in [9.17, 15) is 14.4 Å². The maximum atomic E-state index is 12.8. The summed E-state index contributed by atoms with van der Waals surface area (Å²) < 4.78 is 0. The van der Waals surface area contributed by atoms with Crippen molar-refractivity contribution < 1.29 is 14.4 Å². The van der Waals surface area contributed by atoms with Gasteiger partial charge >= 0.3 is 0 Å². The molecule has 3 amide bonds. The number of carbonyl (C=O) groups excluding carboxylic acids is 3. The van der Waals surface area contributed by atoms with Crippen LogP contribution in [0.3, 0.4) is 0 Å². The zero-order valence-electron chi connectivity index (χ0n) is 16.0. The van der Waals surface area contributed by atoms with Gasteiger partial charge in [0.2, 0.25) is 11.8 Å². The summed E-state index contributed by atoms with van der Waals surface area (Å²) in [5, 5.41) is 2.32. The molecule has 5 rings (SSSR count). The molecule has 1 atom stereocenters. The first-order valence-electron chi connectivity index (χ1n) is 9.76. The van der Waals surface area contributed by atoms with Crippen LogP contribution in [0.25, 0.3) is 22.6 Å². The van der Waals surface area contributed by atoms with E-state index >= 15 is 0 Å². The highest BCUT2D eigenvalue weighted by Crippen LogP contribution is 2.30. The molecule has 0 spiro atoms. The van der Waals surface area contributed by atoms with Crippen molar-refractivity contribution in [1.29, 1.82) is 0 Å². The summed E-state index contributed by atoms with van der Waals surface area (Å²) in [4.78, 5) is 47.1. The number of fused-ring (bicyclic) bond motifs is 1. The summed E-state index contributed by atoms with van der Waals surface area (Å²) in [5.41, 5.74) is 4.03. The van der Waals surface area contributed by atoms with Crippen molar-refractivity contribution in [2.45, 2.75) is 25.4 Å². The van der Waals surface area contributed by atoms with E-state index in [-0.39, 0.29) is 18.2 Å². The van der Waals surface area contributed by atoms with E-state index in [0.717, 1.165) is 22.4 Å². The van der Waals surface area contributed by atoms with E-state index in [4.69, 9.17) is 0 Å². The molecule has 1 N–H and O–H groups in total. The fourth-order valence-corrected chi connectivity index (χ4v) is 3.98. The lowest BCUT2D eigenvalue weighted by Crippen LogP contribution is -2.52. The molecule has 148 valence electrons. The minimum Gasteiger partial charge on any atom is -0.322 e. The first-order chi connectivity index (χ1) is 14.6. The number of hydrogen-bond donors (Lipinski definition) is 1. The van der Waals surface area contributed by atoms with E-state index < -0.39 is 11.9 Å².